The Morgan fingerprint density at radius 3 is 2.95 bits per heavy atom. The maximum atomic E-state index is 5.82. The van der Waals surface area contributed by atoms with Crippen molar-refractivity contribution in [1.29, 1.82) is 0 Å². The third kappa shape index (κ3) is 2.44. The second kappa shape index (κ2) is 5.69. The second-order valence-electron chi connectivity index (χ2n) is 4.75. The summed E-state index contributed by atoms with van der Waals surface area (Å²) < 4.78 is 0. The Morgan fingerprint density at radius 2 is 2.15 bits per heavy atom. The third-order valence-corrected chi connectivity index (χ3v) is 4.47. The average molecular weight is 283 g/mol. The Kier molecular flexibility index (Phi) is 3.76. The van der Waals surface area contributed by atoms with E-state index in [2.05, 4.69) is 30.1 Å². The van der Waals surface area contributed by atoms with Crippen LogP contribution >= 0.6 is 11.3 Å². The molecule has 0 spiro atoms. The van der Waals surface area contributed by atoms with Gasteiger partial charge in [-0.3, -0.25) is 4.98 Å². The molecule has 3 rings (SSSR count). The minimum absolute atomic E-state index is 0.572. The lowest BCUT2D eigenvalue weighted by molar-refractivity contribution is 0.872. The fourth-order valence-electron chi connectivity index (χ4n) is 2.31. The van der Waals surface area contributed by atoms with Gasteiger partial charge < -0.3 is 5.73 Å². The first-order valence-electron chi connectivity index (χ1n) is 6.85. The number of nitrogens with zero attached hydrogens (tertiary/aromatic N) is 2. The zero-order chi connectivity index (χ0) is 13.9. The first-order chi connectivity index (χ1) is 9.81. The van der Waals surface area contributed by atoms with Gasteiger partial charge in [0.1, 0.15) is 5.01 Å². The molecular weight excluding hydrogens is 266 g/mol. The number of hydrogen-bond donors (Lipinski definition) is 1. The lowest BCUT2D eigenvalue weighted by Gasteiger charge is -1.99. The molecule has 20 heavy (non-hydrogen) atoms. The molecular formula is C16H17N3S. The van der Waals surface area contributed by atoms with Crippen molar-refractivity contribution in [3.63, 3.8) is 0 Å². The molecule has 1 aromatic carbocycles. The summed E-state index contributed by atoms with van der Waals surface area (Å²) in [5.41, 5.74) is 9.14. The first kappa shape index (κ1) is 13.2. The van der Waals surface area contributed by atoms with Crippen LogP contribution in [-0.4, -0.2) is 9.97 Å². The molecule has 0 unspecified atom stereocenters. The predicted octanol–water partition coefficient (Wildman–Crippen LogP) is 3.77. The van der Waals surface area contributed by atoms with Crippen molar-refractivity contribution >= 4 is 22.2 Å². The van der Waals surface area contributed by atoms with Crippen LogP contribution in [0.4, 0.5) is 0 Å². The summed E-state index contributed by atoms with van der Waals surface area (Å²) in [5.74, 6) is 0. The fourth-order valence-corrected chi connectivity index (χ4v) is 3.29. The van der Waals surface area contributed by atoms with E-state index in [0.717, 1.165) is 40.0 Å². The fraction of sp³-hybridized carbons (Fsp3) is 0.250. The lowest BCUT2D eigenvalue weighted by atomic mass is 10.1. The lowest BCUT2D eigenvalue weighted by Crippen LogP contribution is -1.97. The molecule has 0 aliphatic heterocycles. The Bertz CT molecular complexity index is 733. The Labute approximate surface area is 122 Å². The average Bonchev–Trinajstić information content (AvgIpc) is 2.90. The molecule has 3 nitrogen and oxygen atoms in total. The monoisotopic (exact) mass is 283 g/mol. The van der Waals surface area contributed by atoms with E-state index in [1.165, 1.54) is 4.88 Å². The van der Waals surface area contributed by atoms with Crippen molar-refractivity contribution in [3.05, 3.63) is 47.1 Å². The van der Waals surface area contributed by atoms with Gasteiger partial charge in [-0.2, -0.15) is 0 Å². The van der Waals surface area contributed by atoms with Gasteiger partial charge in [-0.1, -0.05) is 19.4 Å². The summed E-state index contributed by atoms with van der Waals surface area (Å²) in [7, 11) is 0. The molecule has 2 aromatic heterocycles. The highest BCUT2D eigenvalue weighted by Crippen LogP contribution is 2.30. The molecule has 0 aliphatic rings. The first-order valence-corrected chi connectivity index (χ1v) is 7.67. The smallest absolute Gasteiger partial charge is 0.123 e. The molecule has 102 valence electrons. The van der Waals surface area contributed by atoms with E-state index in [1.54, 1.807) is 11.3 Å². The van der Waals surface area contributed by atoms with Gasteiger partial charge in [-0.05, 0) is 30.7 Å². The number of pyridine rings is 1. The van der Waals surface area contributed by atoms with Crippen LogP contribution in [0.1, 0.15) is 23.9 Å². The summed E-state index contributed by atoms with van der Waals surface area (Å²) in [6, 6.07) is 10.3. The third-order valence-electron chi connectivity index (χ3n) is 3.30. The molecule has 0 saturated heterocycles. The summed E-state index contributed by atoms with van der Waals surface area (Å²) in [6.45, 7) is 2.74. The molecule has 0 radical (unpaired) electrons. The highest BCUT2D eigenvalue weighted by molar-refractivity contribution is 7.15. The zero-order valence-corrected chi connectivity index (χ0v) is 12.3. The number of benzene rings is 1. The van der Waals surface area contributed by atoms with E-state index >= 15 is 0 Å². The Balaban J connectivity index is 2.05. The normalized spacial score (nSPS) is 11.1. The molecule has 4 heteroatoms. The van der Waals surface area contributed by atoms with Gasteiger partial charge in [0, 0.05) is 28.6 Å². The molecule has 0 fully saturated rings. The number of aromatic nitrogens is 2. The number of nitrogens with two attached hydrogens (primary N) is 1. The topological polar surface area (TPSA) is 51.8 Å². The molecule has 3 aromatic rings. The van der Waals surface area contributed by atoms with Gasteiger partial charge in [0.2, 0.25) is 0 Å². The van der Waals surface area contributed by atoms with Crippen molar-refractivity contribution in [2.24, 2.45) is 5.73 Å². The number of rotatable bonds is 4. The zero-order valence-electron chi connectivity index (χ0n) is 11.5. The van der Waals surface area contributed by atoms with Gasteiger partial charge in [0.05, 0.1) is 11.2 Å². The van der Waals surface area contributed by atoms with E-state index < -0.39 is 0 Å². The van der Waals surface area contributed by atoms with Gasteiger partial charge in [0.15, 0.2) is 0 Å². The van der Waals surface area contributed by atoms with Gasteiger partial charge in [0.25, 0.3) is 0 Å². The van der Waals surface area contributed by atoms with Crippen molar-refractivity contribution in [3.8, 4) is 10.6 Å². The Hall–Kier alpha value is -1.78. The highest BCUT2D eigenvalue weighted by atomic mass is 32.1. The van der Waals surface area contributed by atoms with Crippen LogP contribution in [-0.2, 0) is 13.0 Å². The second-order valence-corrected chi connectivity index (χ2v) is 5.84. The molecule has 0 aliphatic carbocycles. The highest BCUT2D eigenvalue weighted by Gasteiger charge is 2.11. The van der Waals surface area contributed by atoms with Crippen LogP contribution in [0, 0.1) is 0 Å². The van der Waals surface area contributed by atoms with Gasteiger partial charge in [-0.25, -0.2) is 4.98 Å². The van der Waals surface area contributed by atoms with E-state index in [9.17, 15) is 0 Å². The van der Waals surface area contributed by atoms with Crippen molar-refractivity contribution in [2.45, 2.75) is 26.3 Å². The summed E-state index contributed by atoms with van der Waals surface area (Å²) in [4.78, 5) is 10.3. The summed E-state index contributed by atoms with van der Waals surface area (Å²) in [6.07, 6.45) is 3.91. The molecule has 0 atom stereocenters. The molecule has 0 amide bonds. The minimum Gasteiger partial charge on any atom is -0.326 e. The molecule has 0 bridgehead atoms. The number of aryl methyl sites for hydroxylation is 1. The van der Waals surface area contributed by atoms with E-state index in [4.69, 9.17) is 10.7 Å². The van der Waals surface area contributed by atoms with Crippen LogP contribution in [0.3, 0.4) is 0 Å². The summed E-state index contributed by atoms with van der Waals surface area (Å²) >= 11 is 1.70. The van der Waals surface area contributed by atoms with E-state index in [-0.39, 0.29) is 0 Å². The number of thiazole rings is 1. The quantitative estimate of drug-likeness (QED) is 0.793. The van der Waals surface area contributed by atoms with Crippen molar-refractivity contribution in [1.82, 2.24) is 9.97 Å². The van der Waals surface area contributed by atoms with Crippen LogP contribution < -0.4 is 5.73 Å². The molecule has 2 heterocycles. The van der Waals surface area contributed by atoms with Gasteiger partial charge >= 0.3 is 0 Å². The minimum atomic E-state index is 0.572. The molecule has 0 saturated carbocycles. The van der Waals surface area contributed by atoms with Crippen LogP contribution in [0.5, 0.6) is 0 Å². The maximum absolute atomic E-state index is 5.82. The Morgan fingerprint density at radius 1 is 1.25 bits per heavy atom. The standard InChI is InChI=1S/C16H17N3S/c1-2-4-14-15(10-17)20-16(19-14)12-6-7-13-11(9-12)5-3-8-18-13/h3,5-9H,2,4,10,17H2,1H3. The van der Waals surface area contributed by atoms with Crippen LogP contribution in [0.15, 0.2) is 36.5 Å². The predicted molar refractivity (Wildman–Crippen MR) is 84.7 cm³/mol. The van der Waals surface area contributed by atoms with Crippen molar-refractivity contribution < 1.29 is 0 Å². The molecule has 2 N–H and O–H groups in total. The van der Waals surface area contributed by atoms with Crippen molar-refractivity contribution in [2.75, 3.05) is 0 Å². The van der Waals surface area contributed by atoms with Gasteiger partial charge in [-0.15, -0.1) is 11.3 Å². The number of fused-ring (bicyclic) bond motifs is 1. The van der Waals surface area contributed by atoms with E-state index in [1.807, 2.05) is 18.3 Å². The summed E-state index contributed by atoms with van der Waals surface area (Å²) in [5, 5.41) is 2.20. The maximum Gasteiger partial charge on any atom is 0.123 e. The van der Waals surface area contributed by atoms with E-state index in [0.29, 0.717) is 6.54 Å². The van der Waals surface area contributed by atoms with Crippen LogP contribution in [0.2, 0.25) is 0 Å². The SMILES string of the molecule is CCCc1nc(-c2ccc3ncccc3c2)sc1CN. The largest absolute Gasteiger partial charge is 0.326 e. The van der Waals surface area contributed by atoms with Crippen LogP contribution in [0.25, 0.3) is 21.5 Å². The number of hydrogen-bond acceptors (Lipinski definition) is 4.